The molecule has 0 bridgehead atoms. The summed E-state index contributed by atoms with van der Waals surface area (Å²) in [7, 11) is 0. The first-order chi connectivity index (χ1) is 7.25. The van der Waals surface area contributed by atoms with Crippen LogP contribution in [-0.4, -0.2) is 6.04 Å². The maximum atomic E-state index is 6.28. The molecule has 80 valence electrons. The minimum atomic E-state index is 0.233. The normalized spacial score (nSPS) is 34.9. The zero-order chi connectivity index (χ0) is 10.5. The van der Waals surface area contributed by atoms with Crippen LogP contribution in [0, 0.1) is 5.92 Å². The summed E-state index contributed by atoms with van der Waals surface area (Å²) in [5.74, 6) is 0.785. The van der Waals surface area contributed by atoms with E-state index >= 15 is 0 Å². The molecular formula is C13H16ClN. The summed E-state index contributed by atoms with van der Waals surface area (Å²) < 4.78 is 0. The Morgan fingerprint density at radius 2 is 1.93 bits per heavy atom. The fraction of sp³-hybridized carbons (Fsp3) is 0.538. The summed E-state index contributed by atoms with van der Waals surface area (Å²) in [4.78, 5) is 0. The van der Waals surface area contributed by atoms with Crippen LogP contribution in [0.2, 0.25) is 5.02 Å². The molecule has 15 heavy (non-hydrogen) atoms. The molecule has 0 saturated heterocycles. The van der Waals surface area contributed by atoms with Gasteiger partial charge in [0, 0.05) is 16.5 Å². The Labute approximate surface area is 95.6 Å². The van der Waals surface area contributed by atoms with Crippen molar-refractivity contribution in [1.82, 2.24) is 0 Å². The lowest BCUT2D eigenvalue weighted by Crippen LogP contribution is -2.32. The van der Waals surface area contributed by atoms with Gasteiger partial charge in [0.05, 0.1) is 0 Å². The maximum Gasteiger partial charge on any atom is 0.0444 e. The molecule has 0 heterocycles. The fourth-order valence-electron chi connectivity index (χ4n) is 3.07. The van der Waals surface area contributed by atoms with Gasteiger partial charge in [-0.05, 0) is 36.8 Å². The SMILES string of the molecule is N[C@@H]1CC1(c1ccccc1Cl)C1CCC1. The number of nitrogens with two attached hydrogens (primary N) is 1. The minimum Gasteiger partial charge on any atom is -0.327 e. The Bertz CT molecular complexity index is 386. The molecule has 2 heteroatoms. The first-order valence-corrected chi connectivity index (χ1v) is 6.13. The van der Waals surface area contributed by atoms with E-state index in [-0.39, 0.29) is 5.41 Å². The fourth-order valence-corrected chi connectivity index (χ4v) is 3.38. The Morgan fingerprint density at radius 1 is 1.27 bits per heavy atom. The van der Waals surface area contributed by atoms with Crippen LogP contribution in [0.1, 0.15) is 31.2 Å². The van der Waals surface area contributed by atoms with Crippen LogP contribution in [-0.2, 0) is 5.41 Å². The van der Waals surface area contributed by atoms with Gasteiger partial charge in [0.15, 0.2) is 0 Å². The molecule has 2 atom stereocenters. The molecule has 1 aromatic carbocycles. The van der Waals surface area contributed by atoms with Gasteiger partial charge in [-0.25, -0.2) is 0 Å². The van der Waals surface area contributed by atoms with Crippen molar-refractivity contribution in [3.8, 4) is 0 Å². The van der Waals surface area contributed by atoms with E-state index in [1.54, 1.807) is 0 Å². The molecule has 0 amide bonds. The highest BCUT2D eigenvalue weighted by Crippen LogP contribution is 2.60. The summed E-state index contributed by atoms with van der Waals surface area (Å²) in [6.07, 6.45) is 5.16. The second kappa shape index (κ2) is 3.23. The molecule has 0 aromatic heterocycles. The summed E-state index contributed by atoms with van der Waals surface area (Å²) in [5.41, 5.74) is 7.68. The summed E-state index contributed by atoms with van der Waals surface area (Å²) in [6.45, 7) is 0. The van der Waals surface area contributed by atoms with Crippen molar-refractivity contribution in [3.63, 3.8) is 0 Å². The molecule has 2 aliphatic carbocycles. The zero-order valence-corrected chi connectivity index (χ0v) is 9.50. The number of halogens is 1. The van der Waals surface area contributed by atoms with Crippen molar-refractivity contribution in [1.29, 1.82) is 0 Å². The highest BCUT2D eigenvalue weighted by Gasteiger charge is 2.59. The van der Waals surface area contributed by atoms with Crippen LogP contribution in [0.25, 0.3) is 0 Å². The van der Waals surface area contributed by atoms with Gasteiger partial charge in [0.2, 0.25) is 0 Å². The lowest BCUT2D eigenvalue weighted by molar-refractivity contribution is 0.240. The number of hydrogen-bond acceptors (Lipinski definition) is 1. The highest BCUT2D eigenvalue weighted by molar-refractivity contribution is 6.31. The second-order valence-corrected chi connectivity index (χ2v) is 5.37. The van der Waals surface area contributed by atoms with E-state index in [2.05, 4.69) is 12.1 Å². The average molecular weight is 222 g/mol. The maximum absolute atomic E-state index is 6.28. The number of rotatable bonds is 2. The van der Waals surface area contributed by atoms with Crippen LogP contribution in [0.5, 0.6) is 0 Å². The van der Waals surface area contributed by atoms with Gasteiger partial charge in [-0.2, -0.15) is 0 Å². The third-order valence-electron chi connectivity index (χ3n) is 4.27. The number of benzene rings is 1. The van der Waals surface area contributed by atoms with Gasteiger partial charge < -0.3 is 5.73 Å². The number of hydrogen-bond donors (Lipinski definition) is 1. The third-order valence-corrected chi connectivity index (χ3v) is 4.60. The van der Waals surface area contributed by atoms with E-state index in [0.717, 1.165) is 17.4 Å². The topological polar surface area (TPSA) is 26.0 Å². The molecule has 2 aliphatic rings. The van der Waals surface area contributed by atoms with Gasteiger partial charge in [-0.15, -0.1) is 0 Å². The predicted octanol–water partition coefficient (Wildman–Crippen LogP) is 3.11. The lowest BCUT2D eigenvalue weighted by atomic mass is 9.70. The van der Waals surface area contributed by atoms with Gasteiger partial charge in [0.25, 0.3) is 0 Å². The Morgan fingerprint density at radius 3 is 2.40 bits per heavy atom. The minimum absolute atomic E-state index is 0.233. The van der Waals surface area contributed by atoms with E-state index in [0.29, 0.717) is 6.04 Å². The molecule has 1 nitrogen and oxygen atoms in total. The molecule has 2 fully saturated rings. The Hall–Kier alpha value is -0.530. The molecule has 2 saturated carbocycles. The van der Waals surface area contributed by atoms with Gasteiger partial charge >= 0.3 is 0 Å². The standard InChI is InChI=1S/C13H16ClN/c14-11-7-2-1-6-10(11)13(8-12(13)15)9-4-3-5-9/h1-2,6-7,9,12H,3-5,8,15H2/t12-,13?/m1/s1. The smallest absolute Gasteiger partial charge is 0.0444 e. The van der Waals surface area contributed by atoms with Crippen molar-refractivity contribution in [2.24, 2.45) is 11.7 Å². The third kappa shape index (κ3) is 1.26. The van der Waals surface area contributed by atoms with Crippen LogP contribution in [0.4, 0.5) is 0 Å². The Kier molecular flexibility index (Phi) is 2.08. The summed E-state index contributed by atoms with van der Waals surface area (Å²) >= 11 is 6.28. The van der Waals surface area contributed by atoms with Crippen molar-refractivity contribution in [3.05, 3.63) is 34.9 Å². The molecule has 3 rings (SSSR count). The molecule has 0 aliphatic heterocycles. The van der Waals surface area contributed by atoms with E-state index in [1.165, 1.54) is 24.8 Å². The van der Waals surface area contributed by atoms with Gasteiger partial charge in [-0.3, -0.25) is 0 Å². The summed E-state index contributed by atoms with van der Waals surface area (Å²) in [6, 6.07) is 8.55. The first kappa shape index (κ1) is 9.68. The van der Waals surface area contributed by atoms with E-state index < -0.39 is 0 Å². The van der Waals surface area contributed by atoms with Gasteiger partial charge in [-0.1, -0.05) is 36.2 Å². The van der Waals surface area contributed by atoms with E-state index in [1.807, 2.05) is 12.1 Å². The van der Waals surface area contributed by atoms with Crippen LogP contribution < -0.4 is 5.73 Å². The van der Waals surface area contributed by atoms with Crippen molar-refractivity contribution < 1.29 is 0 Å². The largest absolute Gasteiger partial charge is 0.327 e. The van der Waals surface area contributed by atoms with Crippen molar-refractivity contribution >= 4 is 11.6 Å². The molecule has 0 spiro atoms. The first-order valence-electron chi connectivity index (χ1n) is 5.76. The highest BCUT2D eigenvalue weighted by atomic mass is 35.5. The predicted molar refractivity (Wildman–Crippen MR) is 63.1 cm³/mol. The molecule has 0 radical (unpaired) electrons. The molecular weight excluding hydrogens is 206 g/mol. The lowest BCUT2D eigenvalue weighted by Gasteiger charge is -2.35. The van der Waals surface area contributed by atoms with Crippen LogP contribution in [0.15, 0.2) is 24.3 Å². The molecule has 2 N–H and O–H groups in total. The van der Waals surface area contributed by atoms with Crippen LogP contribution in [0.3, 0.4) is 0 Å². The summed E-state index contributed by atoms with van der Waals surface area (Å²) in [5, 5.41) is 0.900. The monoisotopic (exact) mass is 221 g/mol. The van der Waals surface area contributed by atoms with Crippen molar-refractivity contribution in [2.45, 2.75) is 37.1 Å². The van der Waals surface area contributed by atoms with Crippen LogP contribution >= 0.6 is 11.6 Å². The van der Waals surface area contributed by atoms with E-state index in [9.17, 15) is 0 Å². The van der Waals surface area contributed by atoms with Gasteiger partial charge in [0.1, 0.15) is 0 Å². The average Bonchev–Trinajstić information content (AvgIpc) is 2.76. The Balaban J connectivity index is 2.01. The second-order valence-electron chi connectivity index (χ2n) is 4.96. The quantitative estimate of drug-likeness (QED) is 0.816. The molecule has 1 unspecified atom stereocenters. The molecule has 1 aromatic rings. The zero-order valence-electron chi connectivity index (χ0n) is 8.75. The van der Waals surface area contributed by atoms with Crippen molar-refractivity contribution in [2.75, 3.05) is 0 Å². The van der Waals surface area contributed by atoms with E-state index in [4.69, 9.17) is 17.3 Å².